The van der Waals surface area contributed by atoms with E-state index in [1.54, 1.807) is 11.3 Å². The Labute approximate surface area is 119 Å². The molecular formula is C13H12F2N2S2. The molecule has 100 valence electrons. The molecule has 0 unspecified atom stereocenters. The van der Waals surface area contributed by atoms with E-state index in [-0.39, 0.29) is 16.2 Å². The number of halogens is 2. The van der Waals surface area contributed by atoms with Crippen LogP contribution < -0.4 is 11.1 Å². The van der Waals surface area contributed by atoms with Crippen molar-refractivity contribution in [1.29, 1.82) is 0 Å². The first-order valence-electron chi connectivity index (χ1n) is 5.54. The lowest BCUT2D eigenvalue weighted by Crippen LogP contribution is -2.14. The summed E-state index contributed by atoms with van der Waals surface area (Å²) in [4.78, 5) is -0.156. The smallest absolute Gasteiger partial charge is 0.182 e. The van der Waals surface area contributed by atoms with Crippen LogP contribution in [0.3, 0.4) is 0 Å². The molecule has 0 saturated heterocycles. The third kappa shape index (κ3) is 2.90. The van der Waals surface area contributed by atoms with E-state index in [1.807, 2.05) is 17.7 Å². The predicted molar refractivity (Wildman–Crippen MR) is 78.6 cm³/mol. The Morgan fingerprint density at radius 1 is 1.32 bits per heavy atom. The van der Waals surface area contributed by atoms with Gasteiger partial charge >= 0.3 is 0 Å². The number of nitrogens with two attached hydrogens (primary N) is 1. The summed E-state index contributed by atoms with van der Waals surface area (Å²) in [6.07, 6.45) is 0. The normalized spacial score (nSPS) is 10.5. The van der Waals surface area contributed by atoms with E-state index in [4.69, 9.17) is 5.73 Å². The topological polar surface area (TPSA) is 38.0 Å². The van der Waals surface area contributed by atoms with Crippen molar-refractivity contribution in [2.24, 2.45) is 5.73 Å². The highest BCUT2D eigenvalue weighted by Gasteiger charge is 2.14. The van der Waals surface area contributed by atoms with Crippen LogP contribution in [0.1, 0.15) is 16.7 Å². The number of rotatable bonds is 4. The summed E-state index contributed by atoms with van der Waals surface area (Å²) in [5, 5.41) is 6.85. The molecule has 0 aliphatic heterocycles. The Hall–Kier alpha value is -1.53. The Bertz CT molecular complexity index is 623. The highest BCUT2D eigenvalue weighted by Crippen LogP contribution is 2.22. The molecule has 0 aliphatic carbocycles. The quantitative estimate of drug-likeness (QED) is 0.847. The number of thiocarbonyl (C=S) groups is 1. The number of benzene rings is 1. The maximum Gasteiger partial charge on any atom is 0.182 e. The highest BCUT2D eigenvalue weighted by molar-refractivity contribution is 7.80. The Balaban J connectivity index is 2.20. The second-order valence-electron chi connectivity index (χ2n) is 4.09. The van der Waals surface area contributed by atoms with Crippen LogP contribution in [0.15, 0.2) is 22.9 Å². The largest absolute Gasteiger partial charge is 0.389 e. The van der Waals surface area contributed by atoms with E-state index in [0.717, 1.165) is 11.1 Å². The van der Waals surface area contributed by atoms with Crippen molar-refractivity contribution in [1.82, 2.24) is 0 Å². The Morgan fingerprint density at radius 3 is 2.63 bits per heavy atom. The number of aryl methyl sites for hydroxylation is 1. The summed E-state index contributed by atoms with van der Waals surface area (Å²) in [5.41, 5.74) is 7.51. The van der Waals surface area contributed by atoms with Gasteiger partial charge in [-0.05, 0) is 40.9 Å². The van der Waals surface area contributed by atoms with Crippen LogP contribution in [0.2, 0.25) is 0 Å². The van der Waals surface area contributed by atoms with Gasteiger partial charge in [0.2, 0.25) is 0 Å². The van der Waals surface area contributed by atoms with Crippen molar-refractivity contribution in [3.8, 4) is 0 Å². The molecule has 0 atom stereocenters. The third-order valence-electron chi connectivity index (χ3n) is 2.78. The maximum absolute atomic E-state index is 13.8. The summed E-state index contributed by atoms with van der Waals surface area (Å²) >= 11 is 6.22. The maximum atomic E-state index is 13.8. The number of anilines is 1. The van der Waals surface area contributed by atoms with Gasteiger partial charge in [-0.15, -0.1) is 0 Å². The van der Waals surface area contributed by atoms with Crippen molar-refractivity contribution in [3.63, 3.8) is 0 Å². The molecule has 2 aromatic rings. The summed E-state index contributed by atoms with van der Waals surface area (Å²) in [6.45, 7) is 2.42. The first-order valence-corrected chi connectivity index (χ1v) is 6.89. The number of thiophene rings is 1. The summed E-state index contributed by atoms with van der Waals surface area (Å²) in [5.74, 6) is -1.97. The fourth-order valence-corrected chi connectivity index (χ4v) is 2.65. The van der Waals surface area contributed by atoms with Crippen molar-refractivity contribution in [3.05, 3.63) is 51.2 Å². The lowest BCUT2D eigenvalue weighted by atomic mass is 10.1. The van der Waals surface area contributed by atoms with Gasteiger partial charge in [-0.25, -0.2) is 8.78 Å². The van der Waals surface area contributed by atoms with Gasteiger partial charge in [0.15, 0.2) is 11.6 Å². The van der Waals surface area contributed by atoms with Crippen molar-refractivity contribution < 1.29 is 8.78 Å². The molecule has 0 bridgehead atoms. The SMILES string of the molecule is Cc1cscc1CNc1ccc(C(N)=S)c(F)c1F. The van der Waals surface area contributed by atoms with Gasteiger partial charge in [0.1, 0.15) is 4.99 Å². The molecule has 3 N–H and O–H groups in total. The molecule has 1 heterocycles. The van der Waals surface area contributed by atoms with Gasteiger partial charge in [0.05, 0.1) is 5.69 Å². The molecular weight excluding hydrogens is 286 g/mol. The van der Waals surface area contributed by atoms with Crippen molar-refractivity contribution >= 4 is 34.2 Å². The molecule has 6 heteroatoms. The first kappa shape index (κ1) is 13.9. The van der Waals surface area contributed by atoms with Crippen LogP contribution in [0.5, 0.6) is 0 Å². The zero-order chi connectivity index (χ0) is 14.0. The fourth-order valence-electron chi connectivity index (χ4n) is 1.63. The van der Waals surface area contributed by atoms with Gasteiger partial charge in [-0.3, -0.25) is 0 Å². The third-order valence-corrected chi connectivity index (χ3v) is 3.91. The summed E-state index contributed by atoms with van der Waals surface area (Å²) in [7, 11) is 0. The minimum atomic E-state index is -1.01. The Kier molecular flexibility index (Phi) is 4.11. The zero-order valence-corrected chi connectivity index (χ0v) is 11.8. The number of hydrogen-bond acceptors (Lipinski definition) is 3. The van der Waals surface area contributed by atoms with Crippen LogP contribution in [-0.2, 0) is 6.54 Å². The lowest BCUT2D eigenvalue weighted by Gasteiger charge is -2.10. The van der Waals surface area contributed by atoms with E-state index in [1.165, 1.54) is 12.1 Å². The number of nitrogens with one attached hydrogen (secondary N) is 1. The second-order valence-corrected chi connectivity index (χ2v) is 5.27. The molecule has 0 radical (unpaired) electrons. The van der Waals surface area contributed by atoms with Gasteiger partial charge in [0.25, 0.3) is 0 Å². The second kappa shape index (κ2) is 5.63. The van der Waals surface area contributed by atoms with E-state index in [0.29, 0.717) is 6.54 Å². The van der Waals surface area contributed by atoms with Crippen LogP contribution in [0.25, 0.3) is 0 Å². The summed E-state index contributed by atoms with van der Waals surface area (Å²) < 4.78 is 27.5. The van der Waals surface area contributed by atoms with Gasteiger partial charge in [0, 0.05) is 12.1 Å². The minimum Gasteiger partial charge on any atom is -0.389 e. The van der Waals surface area contributed by atoms with E-state index >= 15 is 0 Å². The highest BCUT2D eigenvalue weighted by atomic mass is 32.1. The molecule has 0 fully saturated rings. The summed E-state index contributed by atoms with van der Waals surface area (Å²) in [6, 6.07) is 2.82. The van der Waals surface area contributed by atoms with E-state index in [9.17, 15) is 8.78 Å². The number of hydrogen-bond donors (Lipinski definition) is 2. The van der Waals surface area contributed by atoms with E-state index in [2.05, 4.69) is 17.5 Å². The van der Waals surface area contributed by atoms with Crippen molar-refractivity contribution in [2.75, 3.05) is 5.32 Å². The first-order chi connectivity index (χ1) is 9.00. The molecule has 1 aromatic heterocycles. The molecule has 0 spiro atoms. The predicted octanol–water partition coefficient (Wildman–Crippen LogP) is 3.58. The average molecular weight is 298 g/mol. The monoisotopic (exact) mass is 298 g/mol. The standard InChI is InChI=1S/C13H12F2N2S2/c1-7-5-19-6-8(7)4-17-10-3-2-9(13(16)18)11(14)12(10)15/h2-3,5-6,17H,4H2,1H3,(H2,16,18). The lowest BCUT2D eigenvalue weighted by molar-refractivity contribution is 0.509. The van der Waals surface area contributed by atoms with Crippen LogP contribution in [-0.4, -0.2) is 4.99 Å². The van der Waals surface area contributed by atoms with Gasteiger partial charge in [-0.1, -0.05) is 12.2 Å². The van der Waals surface area contributed by atoms with Gasteiger partial charge < -0.3 is 11.1 Å². The zero-order valence-electron chi connectivity index (χ0n) is 10.2. The molecule has 0 aliphatic rings. The molecule has 1 aromatic carbocycles. The molecule has 0 saturated carbocycles. The van der Waals surface area contributed by atoms with E-state index < -0.39 is 11.6 Å². The van der Waals surface area contributed by atoms with Crippen molar-refractivity contribution in [2.45, 2.75) is 13.5 Å². The molecule has 0 amide bonds. The molecule has 2 nitrogen and oxygen atoms in total. The molecule has 19 heavy (non-hydrogen) atoms. The minimum absolute atomic E-state index is 0.0789. The van der Waals surface area contributed by atoms with Crippen LogP contribution in [0.4, 0.5) is 14.5 Å². The Morgan fingerprint density at radius 2 is 2.05 bits per heavy atom. The molecule has 2 rings (SSSR count). The fraction of sp³-hybridized carbons (Fsp3) is 0.154. The average Bonchev–Trinajstić information content (AvgIpc) is 2.76. The van der Waals surface area contributed by atoms with Gasteiger partial charge in [-0.2, -0.15) is 11.3 Å². The van der Waals surface area contributed by atoms with Crippen LogP contribution >= 0.6 is 23.6 Å². The van der Waals surface area contributed by atoms with Crippen LogP contribution in [0, 0.1) is 18.6 Å².